The fourth-order valence-electron chi connectivity index (χ4n) is 0.982. The molecule has 2 aromatic rings. The van der Waals surface area contributed by atoms with Crippen LogP contribution in [-0.2, 0) is 6.54 Å². The minimum atomic E-state index is 0.647. The lowest BCUT2D eigenvalue weighted by Crippen LogP contribution is -1.97. The summed E-state index contributed by atoms with van der Waals surface area (Å²) in [5.41, 5.74) is 0. The number of aromatic amines is 1. The number of nitrogens with zero attached hydrogens (tertiary/aromatic N) is 1. The van der Waals surface area contributed by atoms with Crippen molar-refractivity contribution in [2.75, 3.05) is 5.32 Å². The summed E-state index contributed by atoms with van der Waals surface area (Å²) < 4.78 is 6.05. The average molecular weight is 242 g/mol. The highest BCUT2D eigenvalue weighted by Crippen LogP contribution is 2.14. The molecule has 0 atom stereocenters. The quantitative estimate of drug-likeness (QED) is 0.868. The van der Waals surface area contributed by atoms with E-state index >= 15 is 0 Å². The lowest BCUT2D eigenvalue weighted by atomic mass is 10.4. The average Bonchev–Trinajstić information content (AvgIpc) is 2.71. The first-order valence-electron chi connectivity index (χ1n) is 3.81. The van der Waals surface area contributed by atoms with Crippen LogP contribution < -0.4 is 5.32 Å². The molecule has 0 aliphatic heterocycles. The highest BCUT2D eigenvalue weighted by Gasteiger charge is 1.98. The molecule has 0 radical (unpaired) electrons. The number of rotatable bonds is 3. The Balaban J connectivity index is 1.93. The fourth-order valence-corrected chi connectivity index (χ4v) is 1.32. The SMILES string of the molecule is Brc1ccc(CNc2cnc[nH]2)o1. The molecule has 4 nitrogen and oxygen atoms in total. The molecule has 0 spiro atoms. The van der Waals surface area contributed by atoms with Crippen molar-refractivity contribution in [2.45, 2.75) is 6.54 Å². The fraction of sp³-hybridized carbons (Fsp3) is 0.125. The van der Waals surface area contributed by atoms with E-state index in [4.69, 9.17) is 4.42 Å². The number of hydrogen-bond acceptors (Lipinski definition) is 3. The molecule has 2 heterocycles. The van der Waals surface area contributed by atoms with Crippen molar-refractivity contribution >= 4 is 21.7 Å². The first-order valence-corrected chi connectivity index (χ1v) is 4.60. The summed E-state index contributed by atoms with van der Waals surface area (Å²) in [5.74, 6) is 1.76. The Labute approximate surface area is 83.5 Å². The summed E-state index contributed by atoms with van der Waals surface area (Å²) in [5, 5.41) is 3.12. The normalized spacial score (nSPS) is 10.2. The van der Waals surface area contributed by atoms with Gasteiger partial charge in [0, 0.05) is 0 Å². The summed E-state index contributed by atoms with van der Waals surface area (Å²) in [6, 6.07) is 3.78. The molecule has 0 fully saturated rings. The second-order valence-electron chi connectivity index (χ2n) is 2.52. The third kappa shape index (κ3) is 2.12. The molecule has 0 bridgehead atoms. The molecule has 0 aromatic carbocycles. The molecule has 2 N–H and O–H groups in total. The number of halogens is 1. The van der Waals surface area contributed by atoms with Crippen molar-refractivity contribution in [3.8, 4) is 0 Å². The smallest absolute Gasteiger partial charge is 0.169 e. The Morgan fingerprint density at radius 3 is 3.08 bits per heavy atom. The standard InChI is InChI=1S/C8H8BrN3O/c9-7-2-1-6(13-7)3-11-8-4-10-5-12-8/h1-2,4-5,11H,3H2,(H,10,12). The van der Waals surface area contributed by atoms with E-state index in [1.807, 2.05) is 12.1 Å². The van der Waals surface area contributed by atoms with E-state index in [1.54, 1.807) is 12.5 Å². The maximum absolute atomic E-state index is 5.30. The van der Waals surface area contributed by atoms with Gasteiger partial charge in [-0.15, -0.1) is 0 Å². The largest absolute Gasteiger partial charge is 0.452 e. The summed E-state index contributed by atoms with van der Waals surface area (Å²) in [7, 11) is 0. The Bertz CT molecular complexity index is 368. The third-order valence-electron chi connectivity index (χ3n) is 1.58. The van der Waals surface area contributed by atoms with Crippen molar-refractivity contribution < 1.29 is 4.42 Å². The zero-order valence-electron chi connectivity index (χ0n) is 6.75. The van der Waals surface area contributed by atoms with Crippen molar-refractivity contribution in [2.24, 2.45) is 0 Å². The molecule has 2 aromatic heterocycles. The second-order valence-corrected chi connectivity index (χ2v) is 3.31. The minimum absolute atomic E-state index is 0.647. The highest BCUT2D eigenvalue weighted by atomic mass is 79.9. The highest BCUT2D eigenvalue weighted by molar-refractivity contribution is 9.10. The number of H-pyrrole nitrogens is 1. The van der Waals surface area contributed by atoms with Crippen LogP contribution in [0.2, 0.25) is 0 Å². The topological polar surface area (TPSA) is 53.9 Å². The first kappa shape index (κ1) is 8.37. The molecule has 0 amide bonds. The second kappa shape index (κ2) is 3.66. The lowest BCUT2D eigenvalue weighted by molar-refractivity contribution is 0.495. The van der Waals surface area contributed by atoms with E-state index < -0.39 is 0 Å². The summed E-state index contributed by atoms with van der Waals surface area (Å²) in [6.45, 7) is 0.647. The van der Waals surface area contributed by atoms with Gasteiger partial charge in [-0.1, -0.05) is 0 Å². The number of hydrogen-bond donors (Lipinski definition) is 2. The van der Waals surface area contributed by atoms with E-state index in [-0.39, 0.29) is 0 Å². The van der Waals surface area contributed by atoms with Gasteiger partial charge in [0.25, 0.3) is 0 Å². The number of furan rings is 1. The molecule has 13 heavy (non-hydrogen) atoms. The number of imidazole rings is 1. The number of nitrogens with one attached hydrogen (secondary N) is 2. The van der Waals surface area contributed by atoms with Gasteiger partial charge in [-0.3, -0.25) is 0 Å². The Kier molecular flexibility index (Phi) is 2.35. The molecular formula is C8H8BrN3O. The van der Waals surface area contributed by atoms with Gasteiger partial charge < -0.3 is 14.7 Å². The van der Waals surface area contributed by atoms with Crippen LogP contribution in [0.25, 0.3) is 0 Å². The zero-order chi connectivity index (χ0) is 9.10. The summed E-state index contributed by atoms with van der Waals surface area (Å²) in [4.78, 5) is 6.82. The molecule has 0 unspecified atom stereocenters. The maximum atomic E-state index is 5.30. The van der Waals surface area contributed by atoms with E-state index in [1.165, 1.54) is 0 Å². The van der Waals surface area contributed by atoms with Crippen molar-refractivity contribution in [3.05, 3.63) is 35.1 Å². The predicted octanol–water partition coefficient (Wildman–Crippen LogP) is 2.38. The Hall–Kier alpha value is -1.23. The first-order chi connectivity index (χ1) is 6.34. The van der Waals surface area contributed by atoms with Crippen LogP contribution in [0.3, 0.4) is 0 Å². The van der Waals surface area contributed by atoms with Gasteiger partial charge in [0.15, 0.2) is 4.67 Å². The molecular weight excluding hydrogens is 234 g/mol. The monoisotopic (exact) mass is 241 g/mol. The van der Waals surface area contributed by atoms with Crippen molar-refractivity contribution in [1.82, 2.24) is 9.97 Å². The van der Waals surface area contributed by atoms with Crippen LogP contribution >= 0.6 is 15.9 Å². The maximum Gasteiger partial charge on any atom is 0.169 e. The van der Waals surface area contributed by atoms with Crippen LogP contribution in [0.15, 0.2) is 33.7 Å². The molecule has 0 saturated carbocycles. The number of aromatic nitrogens is 2. The lowest BCUT2D eigenvalue weighted by Gasteiger charge is -1.98. The molecule has 0 aliphatic rings. The van der Waals surface area contributed by atoms with E-state index in [9.17, 15) is 0 Å². The molecule has 68 valence electrons. The van der Waals surface area contributed by atoms with Crippen LogP contribution in [0.1, 0.15) is 5.76 Å². The van der Waals surface area contributed by atoms with Crippen molar-refractivity contribution in [1.29, 1.82) is 0 Å². The third-order valence-corrected chi connectivity index (χ3v) is 2.01. The van der Waals surface area contributed by atoms with Crippen LogP contribution in [0.5, 0.6) is 0 Å². The van der Waals surface area contributed by atoms with Crippen LogP contribution in [0.4, 0.5) is 5.82 Å². The van der Waals surface area contributed by atoms with Gasteiger partial charge >= 0.3 is 0 Å². The van der Waals surface area contributed by atoms with Gasteiger partial charge in [-0.25, -0.2) is 4.98 Å². The Morgan fingerprint density at radius 1 is 1.54 bits per heavy atom. The van der Waals surface area contributed by atoms with E-state index in [0.717, 1.165) is 16.2 Å². The molecule has 2 rings (SSSR count). The van der Waals surface area contributed by atoms with Gasteiger partial charge in [0.1, 0.15) is 11.6 Å². The van der Waals surface area contributed by atoms with Gasteiger partial charge in [-0.05, 0) is 28.1 Å². The van der Waals surface area contributed by atoms with Gasteiger partial charge in [0.05, 0.1) is 19.1 Å². The summed E-state index contributed by atoms with van der Waals surface area (Å²) in [6.07, 6.45) is 3.35. The van der Waals surface area contributed by atoms with Crippen molar-refractivity contribution in [3.63, 3.8) is 0 Å². The van der Waals surface area contributed by atoms with E-state index in [0.29, 0.717) is 6.54 Å². The minimum Gasteiger partial charge on any atom is -0.452 e. The van der Waals surface area contributed by atoms with Gasteiger partial charge in [0.2, 0.25) is 0 Å². The molecule has 5 heteroatoms. The van der Waals surface area contributed by atoms with Crippen LogP contribution in [0, 0.1) is 0 Å². The molecule has 0 saturated heterocycles. The number of anilines is 1. The van der Waals surface area contributed by atoms with Gasteiger partial charge in [-0.2, -0.15) is 0 Å². The Morgan fingerprint density at radius 2 is 2.46 bits per heavy atom. The van der Waals surface area contributed by atoms with E-state index in [2.05, 4.69) is 31.2 Å². The molecule has 0 aliphatic carbocycles. The zero-order valence-corrected chi connectivity index (χ0v) is 8.34. The van der Waals surface area contributed by atoms with Crippen LogP contribution in [-0.4, -0.2) is 9.97 Å². The predicted molar refractivity (Wildman–Crippen MR) is 52.3 cm³/mol. The summed E-state index contributed by atoms with van der Waals surface area (Å²) >= 11 is 3.24.